The lowest BCUT2D eigenvalue weighted by Crippen LogP contribution is -2.22. The number of carbonyl (C=O) groups is 2. The first-order chi connectivity index (χ1) is 18.4. The van der Waals surface area contributed by atoms with E-state index in [2.05, 4.69) is 30.7 Å². The molecular weight excluding hydrogens is 508 g/mol. The predicted octanol–water partition coefficient (Wildman–Crippen LogP) is 6.51. The first-order valence-electron chi connectivity index (χ1n) is 13.7. The zero-order valence-electron chi connectivity index (χ0n) is 24.2. The van der Waals surface area contributed by atoms with Crippen LogP contribution in [0.2, 0.25) is 25.7 Å². The van der Waals surface area contributed by atoms with Crippen LogP contribution in [0.1, 0.15) is 78.7 Å². The van der Waals surface area contributed by atoms with Gasteiger partial charge in [0.05, 0.1) is 24.1 Å². The molecule has 9 heteroatoms. The van der Waals surface area contributed by atoms with Gasteiger partial charge in [-0.3, -0.25) is 4.79 Å². The molecule has 1 unspecified atom stereocenters. The number of Topliss-reactive ketones (excluding diaryl/α,β-unsaturated/α-hetero) is 1. The van der Waals surface area contributed by atoms with Gasteiger partial charge in [-0.15, -0.1) is 0 Å². The van der Waals surface area contributed by atoms with Crippen LogP contribution in [0.25, 0.3) is 16.7 Å². The summed E-state index contributed by atoms with van der Waals surface area (Å²) in [6.07, 6.45) is 7.48. The molecule has 0 saturated carbocycles. The van der Waals surface area contributed by atoms with Crippen molar-refractivity contribution in [2.75, 3.05) is 13.2 Å². The molecule has 3 heterocycles. The summed E-state index contributed by atoms with van der Waals surface area (Å²) < 4.78 is 13.0. The summed E-state index contributed by atoms with van der Waals surface area (Å²) in [5.41, 5.74) is 4.02. The van der Waals surface area contributed by atoms with Crippen molar-refractivity contribution in [3.8, 4) is 0 Å². The third-order valence-electron chi connectivity index (χ3n) is 6.82. The molecule has 3 aromatic rings. The van der Waals surface area contributed by atoms with E-state index >= 15 is 0 Å². The van der Waals surface area contributed by atoms with Crippen LogP contribution in [0.5, 0.6) is 0 Å². The molecule has 1 atom stereocenters. The molecular formula is C30H40N4O4Si. The highest BCUT2D eigenvalue weighted by molar-refractivity contribution is 6.76. The van der Waals surface area contributed by atoms with Crippen LogP contribution in [0, 0.1) is 5.41 Å². The maximum atomic E-state index is 13.4. The number of nitrogens with zero attached hydrogens (tertiary/aromatic N) is 4. The number of hydrogen-bond acceptors (Lipinski definition) is 7. The van der Waals surface area contributed by atoms with Gasteiger partial charge in [0.2, 0.25) is 0 Å². The lowest BCUT2D eigenvalue weighted by Gasteiger charge is -2.16. The molecule has 0 aliphatic heterocycles. The fourth-order valence-corrected chi connectivity index (χ4v) is 5.42. The van der Waals surface area contributed by atoms with Crippen molar-refractivity contribution in [1.29, 1.82) is 0 Å². The Morgan fingerprint density at radius 2 is 1.92 bits per heavy atom. The third kappa shape index (κ3) is 6.70. The van der Waals surface area contributed by atoms with Gasteiger partial charge in [-0.25, -0.2) is 19.7 Å². The van der Waals surface area contributed by atoms with Crippen molar-refractivity contribution >= 4 is 36.6 Å². The maximum Gasteiger partial charge on any atom is 0.356 e. The summed E-state index contributed by atoms with van der Waals surface area (Å²) >= 11 is 0. The second-order valence-corrected chi connectivity index (χ2v) is 17.9. The Bertz CT molecular complexity index is 1400. The number of carbonyl (C=O) groups excluding carboxylic acids is 2. The number of fused-ring (bicyclic) bond motifs is 1. The van der Waals surface area contributed by atoms with Crippen LogP contribution < -0.4 is 0 Å². The van der Waals surface area contributed by atoms with Gasteiger partial charge >= 0.3 is 5.97 Å². The Kier molecular flexibility index (Phi) is 8.51. The van der Waals surface area contributed by atoms with Crippen LogP contribution in [0.4, 0.5) is 0 Å². The van der Waals surface area contributed by atoms with E-state index in [0.29, 0.717) is 48.1 Å². The Morgan fingerprint density at radius 3 is 2.62 bits per heavy atom. The lowest BCUT2D eigenvalue weighted by molar-refractivity contribution is 0.0519. The summed E-state index contributed by atoms with van der Waals surface area (Å²) in [5.74, 6) is -0.441. The van der Waals surface area contributed by atoms with Gasteiger partial charge in [0.15, 0.2) is 11.4 Å². The summed E-state index contributed by atoms with van der Waals surface area (Å²) in [6, 6.07) is 6.50. The number of ketones is 1. The van der Waals surface area contributed by atoms with E-state index in [-0.39, 0.29) is 11.7 Å². The highest BCUT2D eigenvalue weighted by Crippen LogP contribution is 2.40. The minimum Gasteiger partial charge on any atom is -0.461 e. The Labute approximate surface area is 231 Å². The van der Waals surface area contributed by atoms with Gasteiger partial charge in [0.1, 0.15) is 17.9 Å². The van der Waals surface area contributed by atoms with E-state index in [1.165, 1.54) is 0 Å². The molecule has 1 aliphatic rings. The normalized spacial score (nSPS) is 16.0. The molecule has 0 spiro atoms. The summed E-state index contributed by atoms with van der Waals surface area (Å²) in [6.45, 7) is 15.8. The Morgan fingerprint density at radius 1 is 1.15 bits per heavy atom. The average Bonchev–Trinajstić information content (AvgIpc) is 3.50. The molecule has 1 aliphatic carbocycles. The van der Waals surface area contributed by atoms with E-state index in [9.17, 15) is 9.59 Å². The third-order valence-corrected chi connectivity index (χ3v) is 8.52. The second kappa shape index (κ2) is 11.5. The van der Waals surface area contributed by atoms with Crippen LogP contribution in [-0.4, -0.2) is 52.6 Å². The monoisotopic (exact) mass is 548 g/mol. The number of pyridine rings is 1. The number of rotatable bonds is 10. The quantitative estimate of drug-likeness (QED) is 0.123. The van der Waals surface area contributed by atoms with Gasteiger partial charge < -0.3 is 14.0 Å². The molecule has 3 aromatic heterocycles. The number of allylic oxidation sites excluding steroid dienone is 2. The summed E-state index contributed by atoms with van der Waals surface area (Å²) in [5, 5.41) is 0. The SMILES string of the molecule is CCOC(=O)c1cccc(C2CCC=C2c2cnc3c(n2)c(C(=O)C(C)(C)C)cn3COCC[Si](C)(C)C)n1. The van der Waals surface area contributed by atoms with Crippen LogP contribution in [-0.2, 0) is 16.2 Å². The zero-order chi connectivity index (χ0) is 28.4. The number of hydrogen-bond donors (Lipinski definition) is 0. The van der Waals surface area contributed by atoms with Crippen molar-refractivity contribution in [2.24, 2.45) is 5.41 Å². The van der Waals surface area contributed by atoms with E-state index in [0.717, 1.165) is 30.2 Å². The van der Waals surface area contributed by atoms with Crippen molar-refractivity contribution < 1.29 is 19.1 Å². The zero-order valence-corrected chi connectivity index (χ0v) is 25.2. The van der Waals surface area contributed by atoms with Crippen LogP contribution in [0.3, 0.4) is 0 Å². The molecule has 0 aromatic carbocycles. The molecule has 0 fully saturated rings. The van der Waals surface area contributed by atoms with Crippen LogP contribution >= 0.6 is 0 Å². The maximum absolute atomic E-state index is 13.4. The second-order valence-electron chi connectivity index (χ2n) is 12.3. The smallest absolute Gasteiger partial charge is 0.356 e. The first-order valence-corrected chi connectivity index (χ1v) is 17.4. The fraction of sp³-hybridized carbons (Fsp3) is 0.500. The van der Waals surface area contributed by atoms with Crippen molar-refractivity contribution in [3.05, 3.63) is 59.3 Å². The summed E-state index contributed by atoms with van der Waals surface area (Å²) in [4.78, 5) is 40.1. The van der Waals surface area contributed by atoms with Crippen molar-refractivity contribution in [1.82, 2.24) is 19.5 Å². The standard InChI is InChI=1S/C30H40N4O4Si/c1-8-38-29(36)24-14-10-13-23(32-24)20-11-9-12-21(20)25-17-31-28-26(33-25)22(27(35)30(2,3)4)18-34(28)19-37-15-16-39(5,6)7/h10,12-14,17-18,20H,8-9,11,15-16,19H2,1-7H3. The molecule has 208 valence electrons. The van der Waals surface area contributed by atoms with E-state index in [1.54, 1.807) is 19.2 Å². The lowest BCUT2D eigenvalue weighted by atomic mass is 9.87. The van der Waals surface area contributed by atoms with Gasteiger partial charge in [0.25, 0.3) is 0 Å². The average molecular weight is 549 g/mol. The van der Waals surface area contributed by atoms with Gasteiger partial charge in [-0.05, 0) is 43.5 Å². The van der Waals surface area contributed by atoms with Crippen molar-refractivity contribution in [3.63, 3.8) is 0 Å². The fourth-order valence-electron chi connectivity index (χ4n) is 4.66. The van der Waals surface area contributed by atoms with Gasteiger partial charge in [0, 0.05) is 37.9 Å². The molecule has 0 saturated heterocycles. The molecule has 0 bridgehead atoms. The Hall–Kier alpha value is -3.17. The van der Waals surface area contributed by atoms with E-state index in [1.807, 2.05) is 43.7 Å². The molecule has 0 radical (unpaired) electrons. The van der Waals surface area contributed by atoms with Gasteiger partial charge in [-0.1, -0.05) is 52.6 Å². The van der Waals surface area contributed by atoms with E-state index < -0.39 is 19.5 Å². The summed E-state index contributed by atoms with van der Waals surface area (Å²) in [7, 11) is -1.21. The first kappa shape index (κ1) is 28.8. The highest BCUT2D eigenvalue weighted by Gasteiger charge is 2.30. The Balaban J connectivity index is 1.68. The van der Waals surface area contributed by atoms with Crippen LogP contribution in [0.15, 0.2) is 36.7 Å². The number of aromatic nitrogens is 4. The molecule has 0 amide bonds. The molecule has 0 N–H and O–H groups in total. The predicted molar refractivity (Wildman–Crippen MR) is 156 cm³/mol. The minimum atomic E-state index is -1.21. The van der Waals surface area contributed by atoms with Gasteiger partial charge in [-0.2, -0.15) is 0 Å². The van der Waals surface area contributed by atoms with E-state index in [4.69, 9.17) is 19.4 Å². The largest absolute Gasteiger partial charge is 0.461 e. The minimum absolute atomic E-state index is 0.0144. The molecule has 8 nitrogen and oxygen atoms in total. The number of ether oxygens (including phenoxy) is 2. The molecule has 4 rings (SSSR count). The van der Waals surface area contributed by atoms with Crippen molar-refractivity contribution in [2.45, 2.75) is 78.9 Å². The molecule has 39 heavy (non-hydrogen) atoms. The number of esters is 1. The highest BCUT2D eigenvalue weighted by atomic mass is 28.3. The topological polar surface area (TPSA) is 96.2 Å².